The molecule has 0 radical (unpaired) electrons. The standard InChI is InChI=1S/C12H24N2O/c1-3-5-9-7-14(8-9)12-10(13)6-11(12)15-4-2/h9-12H,3-8,13H2,1-2H3. The van der Waals surface area contributed by atoms with Gasteiger partial charge in [-0.25, -0.2) is 0 Å². The molecule has 0 amide bonds. The smallest absolute Gasteiger partial charge is 0.0760 e. The topological polar surface area (TPSA) is 38.5 Å². The molecule has 3 heteroatoms. The van der Waals surface area contributed by atoms with Crippen LogP contribution in [0.2, 0.25) is 0 Å². The van der Waals surface area contributed by atoms with Crippen molar-refractivity contribution in [1.29, 1.82) is 0 Å². The maximum absolute atomic E-state index is 6.05. The second-order valence-electron chi connectivity index (χ2n) is 4.99. The number of hydrogen-bond donors (Lipinski definition) is 1. The van der Waals surface area contributed by atoms with Crippen molar-refractivity contribution in [2.75, 3.05) is 19.7 Å². The third-order valence-corrected chi connectivity index (χ3v) is 3.81. The zero-order valence-electron chi connectivity index (χ0n) is 9.98. The minimum absolute atomic E-state index is 0.351. The van der Waals surface area contributed by atoms with Gasteiger partial charge in [0.15, 0.2) is 0 Å². The van der Waals surface area contributed by atoms with E-state index in [1.54, 1.807) is 0 Å². The van der Waals surface area contributed by atoms with Gasteiger partial charge in [0.05, 0.1) is 12.1 Å². The molecule has 3 atom stereocenters. The molecule has 1 heterocycles. The highest BCUT2D eigenvalue weighted by Gasteiger charge is 2.46. The van der Waals surface area contributed by atoms with Crippen LogP contribution in [-0.4, -0.2) is 42.8 Å². The molecule has 0 aromatic heterocycles. The fraction of sp³-hybridized carbons (Fsp3) is 1.00. The maximum Gasteiger partial charge on any atom is 0.0760 e. The summed E-state index contributed by atoms with van der Waals surface area (Å²) < 4.78 is 5.69. The SMILES string of the molecule is CCCC1CN(C2C(N)CC2OCC)C1. The van der Waals surface area contributed by atoms with Gasteiger partial charge < -0.3 is 10.5 Å². The molecular weight excluding hydrogens is 188 g/mol. The number of ether oxygens (including phenoxy) is 1. The Morgan fingerprint density at radius 2 is 2.07 bits per heavy atom. The molecule has 2 aliphatic rings. The van der Waals surface area contributed by atoms with Gasteiger partial charge in [-0.05, 0) is 25.7 Å². The van der Waals surface area contributed by atoms with E-state index in [9.17, 15) is 0 Å². The average molecular weight is 212 g/mol. The van der Waals surface area contributed by atoms with Gasteiger partial charge in [-0.1, -0.05) is 13.3 Å². The first-order valence-electron chi connectivity index (χ1n) is 6.37. The van der Waals surface area contributed by atoms with Crippen LogP contribution in [-0.2, 0) is 4.74 Å². The first-order chi connectivity index (χ1) is 7.26. The van der Waals surface area contributed by atoms with E-state index in [4.69, 9.17) is 10.5 Å². The summed E-state index contributed by atoms with van der Waals surface area (Å²) in [6.07, 6.45) is 4.14. The molecule has 1 aliphatic heterocycles. The van der Waals surface area contributed by atoms with E-state index in [2.05, 4.69) is 18.7 Å². The van der Waals surface area contributed by atoms with Crippen molar-refractivity contribution in [2.45, 2.75) is 51.3 Å². The third-order valence-electron chi connectivity index (χ3n) is 3.81. The lowest BCUT2D eigenvalue weighted by molar-refractivity contribution is -0.111. The molecule has 3 unspecified atom stereocenters. The van der Waals surface area contributed by atoms with Crippen LogP contribution in [0.4, 0.5) is 0 Å². The highest BCUT2D eigenvalue weighted by atomic mass is 16.5. The summed E-state index contributed by atoms with van der Waals surface area (Å²) in [5.41, 5.74) is 6.05. The second kappa shape index (κ2) is 4.81. The Bertz CT molecular complexity index is 202. The van der Waals surface area contributed by atoms with E-state index in [1.807, 2.05) is 0 Å². The quantitative estimate of drug-likeness (QED) is 0.745. The largest absolute Gasteiger partial charge is 0.377 e. The summed E-state index contributed by atoms with van der Waals surface area (Å²) in [6.45, 7) is 7.64. The molecule has 2 N–H and O–H groups in total. The zero-order valence-corrected chi connectivity index (χ0v) is 9.98. The van der Waals surface area contributed by atoms with E-state index in [1.165, 1.54) is 25.9 Å². The average Bonchev–Trinajstić information content (AvgIpc) is 2.14. The fourth-order valence-electron chi connectivity index (χ4n) is 2.96. The fourth-order valence-corrected chi connectivity index (χ4v) is 2.96. The summed E-state index contributed by atoms with van der Waals surface area (Å²) in [6, 6.07) is 0.863. The Morgan fingerprint density at radius 1 is 1.33 bits per heavy atom. The Balaban J connectivity index is 1.74. The van der Waals surface area contributed by atoms with Gasteiger partial charge in [0.1, 0.15) is 0 Å². The van der Waals surface area contributed by atoms with Crippen molar-refractivity contribution in [3.8, 4) is 0 Å². The van der Waals surface area contributed by atoms with E-state index in [0.29, 0.717) is 18.2 Å². The molecule has 1 saturated heterocycles. The van der Waals surface area contributed by atoms with Crippen LogP contribution in [0.5, 0.6) is 0 Å². The summed E-state index contributed by atoms with van der Waals surface area (Å²) >= 11 is 0. The van der Waals surface area contributed by atoms with E-state index >= 15 is 0 Å². The van der Waals surface area contributed by atoms with Crippen LogP contribution in [0.15, 0.2) is 0 Å². The van der Waals surface area contributed by atoms with Crippen molar-refractivity contribution < 1.29 is 4.74 Å². The second-order valence-corrected chi connectivity index (χ2v) is 4.99. The Morgan fingerprint density at radius 3 is 2.60 bits per heavy atom. The van der Waals surface area contributed by atoms with Crippen LogP contribution >= 0.6 is 0 Å². The van der Waals surface area contributed by atoms with Crippen LogP contribution in [0.3, 0.4) is 0 Å². The van der Waals surface area contributed by atoms with Crippen LogP contribution < -0.4 is 5.73 Å². The van der Waals surface area contributed by atoms with Gasteiger partial charge in [0.25, 0.3) is 0 Å². The maximum atomic E-state index is 6.05. The van der Waals surface area contributed by atoms with Crippen molar-refractivity contribution >= 4 is 0 Å². The van der Waals surface area contributed by atoms with Gasteiger partial charge in [-0.2, -0.15) is 0 Å². The van der Waals surface area contributed by atoms with Gasteiger partial charge in [0, 0.05) is 25.7 Å². The Labute approximate surface area is 93.0 Å². The van der Waals surface area contributed by atoms with Gasteiger partial charge in [0.2, 0.25) is 0 Å². The lowest BCUT2D eigenvalue weighted by Gasteiger charge is -2.54. The summed E-state index contributed by atoms with van der Waals surface area (Å²) in [5, 5.41) is 0. The normalized spacial score (nSPS) is 37.4. The lowest BCUT2D eigenvalue weighted by Crippen LogP contribution is -2.69. The molecular formula is C12H24N2O. The third kappa shape index (κ3) is 2.19. The van der Waals surface area contributed by atoms with Crippen molar-refractivity contribution in [1.82, 2.24) is 4.90 Å². The van der Waals surface area contributed by atoms with Crippen LogP contribution in [0, 0.1) is 5.92 Å². The molecule has 1 aliphatic carbocycles. The molecule has 88 valence electrons. The highest BCUT2D eigenvalue weighted by molar-refractivity contribution is 5.03. The number of hydrogen-bond acceptors (Lipinski definition) is 3. The molecule has 0 aromatic rings. The van der Waals surface area contributed by atoms with Crippen LogP contribution in [0.25, 0.3) is 0 Å². The van der Waals surface area contributed by atoms with Crippen molar-refractivity contribution in [3.05, 3.63) is 0 Å². The van der Waals surface area contributed by atoms with Crippen molar-refractivity contribution in [3.63, 3.8) is 0 Å². The summed E-state index contributed by atoms with van der Waals surface area (Å²) in [7, 11) is 0. The molecule has 15 heavy (non-hydrogen) atoms. The van der Waals surface area contributed by atoms with E-state index in [-0.39, 0.29) is 0 Å². The zero-order chi connectivity index (χ0) is 10.8. The minimum Gasteiger partial charge on any atom is -0.377 e. The summed E-state index contributed by atoms with van der Waals surface area (Å²) in [5.74, 6) is 0.921. The van der Waals surface area contributed by atoms with Crippen LogP contribution in [0.1, 0.15) is 33.1 Å². The molecule has 2 fully saturated rings. The lowest BCUT2D eigenvalue weighted by atomic mass is 9.78. The molecule has 0 aromatic carbocycles. The number of nitrogens with two attached hydrogens (primary N) is 1. The number of nitrogens with zero attached hydrogens (tertiary/aromatic N) is 1. The minimum atomic E-state index is 0.351. The number of rotatable bonds is 5. The van der Waals surface area contributed by atoms with Gasteiger partial charge in [-0.3, -0.25) is 4.90 Å². The monoisotopic (exact) mass is 212 g/mol. The van der Waals surface area contributed by atoms with E-state index in [0.717, 1.165) is 18.9 Å². The molecule has 3 nitrogen and oxygen atoms in total. The van der Waals surface area contributed by atoms with E-state index < -0.39 is 0 Å². The molecule has 0 bridgehead atoms. The molecule has 1 saturated carbocycles. The van der Waals surface area contributed by atoms with Gasteiger partial charge >= 0.3 is 0 Å². The van der Waals surface area contributed by atoms with Gasteiger partial charge in [-0.15, -0.1) is 0 Å². The molecule has 0 spiro atoms. The Hall–Kier alpha value is -0.120. The first kappa shape index (κ1) is 11.4. The molecule has 2 rings (SSSR count). The first-order valence-corrected chi connectivity index (χ1v) is 6.37. The predicted molar refractivity (Wildman–Crippen MR) is 61.8 cm³/mol. The predicted octanol–water partition coefficient (Wildman–Crippen LogP) is 1.22. The van der Waals surface area contributed by atoms with Crippen molar-refractivity contribution in [2.24, 2.45) is 11.7 Å². The highest BCUT2D eigenvalue weighted by Crippen LogP contribution is 2.33. The Kier molecular flexibility index (Phi) is 3.65. The number of likely N-dealkylation sites (tertiary alicyclic amines) is 1. The summed E-state index contributed by atoms with van der Waals surface area (Å²) in [4.78, 5) is 2.52.